The number of hydrogen-bond donors (Lipinski definition) is 2. The van der Waals surface area contributed by atoms with Gasteiger partial charge in [-0.15, -0.1) is 0 Å². The van der Waals surface area contributed by atoms with Crippen molar-refractivity contribution in [1.29, 1.82) is 0 Å². The molecule has 31 heavy (non-hydrogen) atoms. The molecule has 0 unspecified atom stereocenters. The van der Waals surface area contributed by atoms with Crippen molar-refractivity contribution in [3.63, 3.8) is 0 Å². The van der Waals surface area contributed by atoms with Gasteiger partial charge < -0.3 is 20.3 Å². The molecule has 0 saturated carbocycles. The maximum absolute atomic E-state index is 13.0. The molecule has 0 spiro atoms. The Morgan fingerprint density at radius 3 is 2.68 bits per heavy atom. The number of benzene rings is 2. The molecule has 2 aliphatic rings. The summed E-state index contributed by atoms with van der Waals surface area (Å²) in [6, 6.07) is 13.0. The van der Waals surface area contributed by atoms with E-state index in [2.05, 4.69) is 31.4 Å². The Labute approximate surface area is 180 Å². The van der Waals surface area contributed by atoms with E-state index in [4.69, 9.17) is 11.3 Å². The molecule has 2 aliphatic heterocycles. The molecule has 2 aromatic carbocycles. The smallest absolute Gasteiger partial charge is 0.259 e. The van der Waals surface area contributed by atoms with Gasteiger partial charge in [-0.1, -0.05) is 6.07 Å². The summed E-state index contributed by atoms with van der Waals surface area (Å²) >= 11 is 0. The van der Waals surface area contributed by atoms with Gasteiger partial charge in [-0.05, 0) is 60.0 Å². The molecule has 5 rings (SSSR count). The van der Waals surface area contributed by atoms with Crippen LogP contribution in [-0.2, 0) is 0 Å². The highest BCUT2D eigenvalue weighted by atomic mass is 16.5. The summed E-state index contributed by atoms with van der Waals surface area (Å²) in [7, 11) is 0. The zero-order valence-electron chi connectivity index (χ0n) is 17.1. The molecule has 3 heterocycles. The number of aryl methyl sites for hydroxylation is 1. The molecule has 0 radical (unpaired) electrons. The van der Waals surface area contributed by atoms with Crippen LogP contribution in [0.25, 0.3) is 16.0 Å². The van der Waals surface area contributed by atoms with Crippen LogP contribution in [0.4, 0.5) is 17.2 Å². The highest BCUT2D eigenvalue weighted by Gasteiger charge is 2.23. The van der Waals surface area contributed by atoms with E-state index in [1.165, 1.54) is 0 Å². The van der Waals surface area contributed by atoms with Crippen molar-refractivity contribution in [3.05, 3.63) is 71.2 Å². The molecule has 1 aromatic heterocycles. The van der Waals surface area contributed by atoms with E-state index >= 15 is 0 Å². The van der Waals surface area contributed by atoms with E-state index in [1.807, 2.05) is 31.2 Å². The number of piperazine rings is 1. The number of nitrogens with one attached hydrogen (secondary N) is 2. The lowest BCUT2D eigenvalue weighted by molar-refractivity contribution is 0.102. The summed E-state index contributed by atoms with van der Waals surface area (Å²) in [5.74, 6) is 1.64. The fraction of sp³-hybridized carbons (Fsp3) is 0.208. The minimum Gasteiger partial charge on any atom is -0.456 e. The summed E-state index contributed by atoms with van der Waals surface area (Å²) in [6.45, 7) is 12.9. The second-order valence-corrected chi connectivity index (χ2v) is 7.65. The van der Waals surface area contributed by atoms with E-state index in [9.17, 15) is 4.79 Å². The van der Waals surface area contributed by atoms with Gasteiger partial charge in [0.2, 0.25) is 0 Å². The summed E-state index contributed by atoms with van der Waals surface area (Å²) in [6.07, 6.45) is 1.81. The molecule has 0 atom stereocenters. The number of pyridine rings is 1. The number of carbonyl (C=O) groups excluding carboxylic acids is 1. The van der Waals surface area contributed by atoms with Crippen LogP contribution in [0.15, 0.2) is 48.7 Å². The minimum atomic E-state index is -0.234. The third kappa shape index (κ3) is 3.58. The summed E-state index contributed by atoms with van der Waals surface area (Å²) in [4.78, 5) is 23.3. The minimum absolute atomic E-state index is 0.234. The topological polar surface area (TPSA) is 70.9 Å². The van der Waals surface area contributed by atoms with Gasteiger partial charge in [0.1, 0.15) is 17.3 Å². The molecule has 7 nitrogen and oxygen atoms in total. The number of ether oxygens (including phenoxy) is 1. The predicted octanol–water partition coefficient (Wildman–Crippen LogP) is 4.38. The number of amides is 1. The number of carbonyl (C=O) groups is 1. The zero-order valence-corrected chi connectivity index (χ0v) is 17.1. The summed E-state index contributed by atoms with van der Waals surface area (Å²) < 4.78 is 6.03. The Morgan fingerprint density at radius 1 is 1.06 bits per heavy atom. The summed E-state index contributed by atoms with van der Waals surface area (Å²) in [5, 5.41) is 6.27. The van der Waals surface area contributed by atoms with E-state index in [0.717, 1.165) is 48.7 Å². The first-order valence-electron chi connectivity index (χ1n) is 10.2. The number of hydrogen-bond acceptors (Lipinski definition) is 5. The van der Waals surface area contributed by atoms with Crippen LogP contribution in [0, 0.1) is 13.5 Å². The Kier molecular flexibility index (Phi) is 4.77. The molecule has 0 aliphatic carbocycles. The van der Waals surface area contributed by atoms with Crippen LogP contribution < -0.4 is 20.3 Å². The number of rotatable bonds is 2. The lowest BCUT2D eigenvalue weighted by Gasteiger charge is -2.28. The van der Waals surface area contributed by atoms with E-state index in [1.54, 1.807) is 18.3 Å². The monoisotopic (exact) mass is 411 g/mol. The van der Waals surface area contributed by atoms with Crippen molar-refractivity contribution < 1.29 is 9.53 Å². The third-order valence-corrected chi connectivity index (χ3v) is 5.63. The van der Waals surface area contributed by atoms with Crippen molar-refractivity contribution >= 4 is 23.1 Å². The van der Waals surface area contributed by atoms with Crippen molar-refractivity contribution in [2.75, 3.05) is 36.4 Å². The van der Waals surface area contributed by atoms with E-state index in [-0.39, 0.29) is 5.91 Å². The first-order chi connectivity index (χ1) is 15.1. The van der Waals surface area contributed by atoms with Crippen molar-refractivity contribution in [1.82, 2.24) is 10.3 Å². The number of nitrogens with zero attached hydrogens (tertiary/aromatic N) is 3. The Hall–Kier alpha value is -3.89. The van der Waals surface area contributed by atoms with Crippen LogP contribution in [-0.4, -0.2) is 37.1 Å². The van der Waals surface area contributed by atoms with Crippen molar-refractivity contribution in [3.8, 4) is 22.6 Å². The SMILES string of the molecule is [C-]#[N+]c1cc2c(cc1C)NC(=O)c1cc(-c3ccnc(N4CCNCC4)c3)ccc1O2. The van der Waals surface area contributed by atoms with Crippen molar-refractivity contribution in [2.45, 2.75) is 6.92 Å². The normalized spacial score (nSPS) is 15.1. The highest BCUT2D eigenvalue weighted by molar-refractivity contribution is 6.09. The first-order valence-corrected chi connectivity index (χ1v) is 10.2. The van der Waals surface area contributed by atoms with Crippen LogP contribution in [0.3, 0.4) is 0 Å². The van der Waals surface area contributed by atoms with Crippen LogP contribution in [0.5, 0.6) is 11.5 Å². The first kappa shape index (κ1) is 19.1. The average Bonchev–Trinajstić information content (AvgIpc) is 2.94. The lowest BCUT2D eigenvalue weighted by atomic mass is 10.0. The second kappa shape index (κ2) is 7.74. The predicted molar refractivity (Wildman–Crippen MR) is 120 cm³/mol. The number of aromatic nitrogens is 1. The number of fused-ring (bicyclic) bond motifs is 2. The van der Waals surface area contributed by atoms with Gasteiger partial charge in [0.15, 0.2) is 5.69 Å². The van der Waals surface area contributed by atoms with Crippen LogP contribution >= 0.6 is 0 Å². The average molecular weight is 411 g/mol. The van der Waals surface area contributed by atoms with Gasteiger partial charge in [0.05, 0.1) is 17.8 Å². The quantitative estimate of drug-likeness (QED) is 0.613. The van der Waals surface area contributed by atoms with Crippen LogP contribution in [0.2, 0.25) is 0 Å². The molecule has 154 valence electrons. The Morgan fingerprint density at radius 2 is 1.87 bits per heavy atom. The van der Waals surface area contributed by atoms with Gasteiger partial charge in [0.25, 0.3) is 5.91 Å². The maximum Gasteiger partial charge on any atom is 0.259 e. The fourth-order valence-corrected chi connectivity index (χ4v) is 3.93. The summed E-state index contributed by atoms with van der Waals surface area (Å²) in [5.41, 5.74) is 4.23. The molecule has 0 bridgehead atoms. The molecule has 1 amide bonds. The molecule has 1 fully saturated rings. The van der Waals surface area contributed by atoms with Gasteiger partial charge in [-0.25, -0.2) is 9.83 Å². The van der Waals surface area contributed by atoms with Crippen LogP contribution in [0.1, 0.15) is 15.9 Å². The lowest BCUT2D eigenvalue weighted by Crippen LogP contribution is -2.43. The molecular weight excluding hydrogens is 390 g/mol. The number of anilines is 2. The largest absolute Gasteiger partial charge is 0.456 e. The van der Waals surface area contributed by atoms with Gasteiger partial charge >= 0.3 is 0 Å². The third-order valence-electron chi connectivity index (χ3n) is 5.63. The van der Waals surface area contributed by atoms with Gasteiger partial charge in [-0.2, -0.15) is 0 Å². The van der Waals surface area contributed by atoms with Crippen molar-refractivity contribution in [2.24, 2.45) is 0 Å². The second-order valence-electron chi connectivity index (χ2n) is 7.65. The molecular formula is C24H21N5O2. The molecule has 1 saturated heterocycles. The Balaban J connectivity index is 1.50. The van der Waals surface area contributed by atoms with E-state index in [0.29, 0.717) is 28.4 Å². The molecule has 2 N–H and O–H groups in total. The van der Waals surface area contributed by atoms with Gasteiger partial charge in [-0.3, -0.25) is 4.79 Å². The standard InChI is InChI=1S/C24H21N5O2/c1-15-11-20-22(14-19(15)25-2)31-21-4-3-16(12-18(21)24(30)28-20)17-5-6-27-23(13-17)29-9-7-26-8-10-29/h3-6,11-14,26H,7-10H2,1H3,(H,28,30). The zero-order chi connectivity index (χ0) is 21.4. The highest BCUT2D eigenvalue weighted by Crippen LogP contribution is 2.40. The Bertz CT molecular complexity index is 1230. The maximum atomic E-state index is 13.0. The molecule has 3 aromatic rings. The fourth-order valence-electron chi connectivity index (χ4n) is 3.93. The van der Waals surface area contributed by atoms with Gasteiger partial charge in [0, 0.05) is 32.4 Å². The van der Waals surface area contributed by atoms with E-state index < -0.39 is 0 Å². The molecule has 7 heteroatoms.